The minimum absolute atomic E-state index is 0.437. The molecule has 6 heteroatoms. The number of aromatic nitrogens is 1. The van der Waals surface area contributed by atoms with E-state index in [1.165, 1.54) is 10.8 Å². The number of rotatable bonds is 3. The van der Waals surface area contributed by atoms with Gasteiger partial charge in [-0.25, -0.2) is 9.98 Å². The minimum Gasteiger partial charge on any atom is -0.453 e. The van der Waals surface area contributed by atoms with Crippen molar-refractivity contribution >= 4 is 66.8 Å². The normalized spacial score (nSPS) is 15.4. The number of aliphatic imine (C=N–C) groups is 2. The van der Waals surface area contributed by atoms with Crippen LogP contribution in [0.1, 0.15) is 22.9 Å². The quantitative estimate of drug-likeness (QED) is 0.246. The van der Waals surface area contributed by atoms with E-state index in [1.54, 1.807) is 12.4 Å². The van der Waals surface area contributed by atoms with Crippen LogP contribution < -0.4 is 5.32 Å². The summed E-state index contributed by atoms with van der Waals surface area (Å²) in [5.41, 5.74) is 4.19. The maximum Gasteiger partial charge on any atom is 0.169 e. The second-order valence-electron chi connectivity index (χ2n) is 9.90. The molecule has 1 aliphatic rings. The Hall–Kier alpha value is -5.00. The van der Waals surface area contributed by atoms with Crippen molar-refractivity contribution < 1.29 is 4.42 Å². The van der Waals surface area contributed by atoms with Crippen LogP contribution in [0.5, 0.6) is 0 Å². The molecule has 8 rings (SSSR count). The van der Waals surface area contributed by atoms with Gasteiger partial charge in [-0.2, -0.15) is 0 Å². The van der Waals surface area contributed by atoms with Gasteiger partial charge in [-0.3, -0.25) is 4.98 Å². The Morgan fingerprint density at radius 1 is 0.700 bits per heavy atom. The fraction of sp³-hybridized carbons (Fsp3) is 0.0294. The average molecular weight is 537 g/mol. The molecule has 0 saturated heterocycles. The molecule has 2 aromatic heterocycles. The summed E-state index contributed by atoms with van der Waals surface area (Å²) in [5, 5.41) is 10.6. The first-order valence-electron chi connectivity index (χ1n) is 13.1. The lowest BCUT2D eigenvalue weighted by Crippen LogP contribution is -2.36. The lowest BCUT2D eigenvalue weighted by atomic mass is 10.0. The number of nitrogens with zero attached hydrogens (tertiary/aromatic N) is 3. The molecule has 7 aromatic rings. The van der Waals surface area contributed by atoms with Crippen molar-refractivity contribution in [3.63, 3.8) is 0 Å². The summed E-state index contributed by atoms with van der Waals surface area (Å²) in [5.74, 6) is 1.46. The molecule has 190 valence electrons. The molecule has 0 aliphatic carbocycles. The van der Waals surface area contributed by atoms with E-state index in [0.29, 0.717) is 22.0 Å². The third-order valence-electron chi connectivity index (χ3n) is 7.46. The Bertz CT molecular complexity index is 2180. The number of fused-ring (bicyclic) bond motifs is 5. The Balaban J connectivity index is 1.34. The van der Waals surface area contributed by atoms with Crippen molar-refractivity contribution in [1.82, 2.24) is 10.3 Å². The number of pyridine rings is 1. The molecule has 5 nitrogen and oxygen atoms in total. The van der Waals surface area contributed by atoms with Crippen LogP contribution in [-0.2, 0) is 0 Å². The monoisotopic (exact) mass is 536 g/mol. The van der Waals surface area contributed by atoms with Gasteiger partial charge in [0.25, 0.3) is 0 Å². The van der Waals surface area contributed by atoms with Gasteiger partial charge in [-0.05, 0) is 57.4 Å². The number of benzene rings is 5. The topological polar surface area (TPSA) is 62.8 Å². The van der Waals surface area contributed by atoms with E-state index in [4.69, 9.17) is 26.0 Å². The molecule has 40 heavy (non-hydrogen) atoms. The number of amidine groups is 2. The number of nitrogens with one attached hydrogen (secondary N) is 1. The highest BCUT2D eigenvalue weighted by atomic mass is 35.5. The van der Waals surface area contributed by atoms with Crippen molar-refractivity contribution in [1.29, 1.82) is 0 Å². The van der Waals surface area contributed by atoms with Crippen LogP contribution in [0.25, 0.3) is 43.5 Å². The van der Waals surface area contributed by atoms with E-state index >= 15 is 0 Å². The standard InChI is InChI=1S/C34H21ClN4O/c35-28-14-13-27(30-26-15-16-36-19-29(26)40-31(28)30)34-38-32(24-11-9-20-5-1-3-7-22(20)17-24)37-33(39-34)25-12-10-21-6-2-4-8-23(21)18-25/h1-19,32H,(H,37,38,39). The van der Waals surface area contributed by atoms with Gasteiger partial charge in [-0.1, -0.05) is 84.4 Å². The molecule has 1 aliphatic heterocycles. The Kier molecular flexibility index (Phi) is 5.18. The molecule has 0 saturated carbocycles. The summed E-state index contributed by atoms with van der Waals surface area (Å²) >= 11 is 6.60. The van der Waals surface area contributed by atoms with E-state index in [1.807, 2.05) is 18.2 Å². The number of halogens is 1. The maximum absolute atomic E-state index is 6.60. The van der Waals surface area contributed by atoms with E-state index in [0.717, 1.165) is 44.1 Å². The van der Waals surface area contributed by atoms with E-state index in [2.05, 4.69) is 95.2 Å². The van der Waals surface area contributed by atoms with Gasteiger partial charge < -0.3 is 9.73 Å². The van der Waals surface area contributed by atoms with Crippen molar-refractivity contribution in [3.05, 3.63) is 137 Å². The van der Waals surface area contributed by atoms with Crippen LogP contribution in [0.15, 0.2) is 130 Å². The summed E-state index contributed by atoms with van der Waals surface area (Å²) < 4.78 is 6.13. The molecule has 1 unspecified atom stereocenters. The van der Waals surface area contributed by atoms with Gasteiger partial charge in [-0.15, -0.1) is 0 Å². The fourth-order valence-corrected chi connectivity index (χ4v) is 5.68. The highest BCUT2D eigenvalue weighted by Gasteiger charge is 2.24. The van der Waals surface area contributed by atoms with Crippen LogP contribution in [0.4, 0.5) is 0 Å². The molecular formula is C34H21ClN4O. The van der Waals surface area contributed by atoms with Gasteiger partial charge in [0.05, 0.1) is 11.2 Å². The number of hydrogen-bond donors (Lipinski definition) is 1. The minimum atomic E-state index is -0.437. The first-order chi connectivity index (χ1) is 19.7. The molecular weight excluding hydrogens is 516 g/mol. The molecule has 1 atom stereocenters. The third kappa shape index (κ3) is 3.74. The molecule has 0 amide bonds. The molecule has 3 heterocycles. The maximum atomic E-state index is 6.60. The molecule has 5 aromatic carbocycles. The molecule has 0 fully saturated rings. The summed E-state index contributed by atoms with van der Waals surface area (Å²) in [6.45, 7) is 0. The van der Waals surface area contributed by atoms with Crippen molar-refractivity contribution in [2.45, 2.75) is 6.17 Å². The molecule has 0 bridgehead atoms. The van der Waals surface area contributed by atoms with Crippen LogP contribution in [0.2, 0.25) is 5.02 Å². The fourth-order valence-electron chi connectivity index (χ4n) is 5.49. The summed E-state index contributed by atoms with van der Waals surface area (Å²) in [6, 6.07) is 35.3. The second kappa shape index (κ2) is 9.04. The number of hydrogen-bond acceptors (Lipinski definition) is 5. The van der Waals surface area contributed by atoms with Crippen LogP contribution in [0.3, 0.4) is 0 Å². The zero-order chi connectivity index (χ0) is 26.6. The Labute approximate surface area is 234 Å². The highest BCUT2D eigenvalue weighted by molar-refractivity contribution is 6.37. The van der Waals surface area contributed by atoms with Crippen LogP contribution in [0, 0.1) is 0 Å². The van der Waals surface area contributed by atoms with E-state index in [-0.39, 0.29) is 0 Å². The van der Waals surface area contributed by atoms with E-state index in [9.17, 15) is 0 Å². The second-order valence-corrected chi connectivity index (χ2v) is 10.3. The smallest absolute Gasteiger partial charge is 0.169 e. The largest absolute Gasteiger partial charge is 0.453 e. The molecule has 0 spiro atoms. The Morgan fingerprint density at radius 2 is 1.43 bits per heavy atom. The van der Waals surface area contributed by atoms with Crippen LogP contribution in [-0.4, -0.2) is 16.7 Å². The van der Waals surface area contributed by atoms with Crippen molar-refractivity contribution in [2.75, 3.05) is 0 Å². The summed E-state index contributed by atoms with van der Waals surface area (Å²) in [6.07, 6.45) is 3.04. The van der Waals surface area contributed by atoms with Crippen LogP contribution >= 0.6 is 11.6 Å². The van der Waals surface area contributed by atoms with Gasteiger partial charge in [0.2, 0.25) is 0 Å². The predicted molar refractivity (Wildman–Crippen MR) is 163 cm³/mol. The Morgan fingerprint density at radius 3 is 2.25 bits per heavy atom. The molecule has 0 radical (unpaired) electrons. The lowest BCUT2D eigenvalue weighted by molar-refractivity contribution is 0.667. The molecule has 1 N–H and O–H groups in total. The summed E-state index contributed by atoms with van der Waals surface area (Å²) in [7, 11) is 0. The third-order valence-corrected chi connectivity index (χ3v) is 7.76. The number of furan rings is 1. The average Bonchev–Trinajstić information content (AvgIpc) is 3.41. The zero-order valence-electron chi connectivity index (χ0n) is 21.2. The summed E-state index contributed by atoms with van der Waals surface area (Å²) in [4.78, 5) is 14.5. The van der Waals surface area contributed by atoms with Gasteiger partial charge in [0.1, 0.15) is 11.7 Å². The van der Waals surface area contributed by atoms with Gasteiger partial charge in [0, 0.05) is 28.1 Å². The van der Waals surface area contributed by atoms with Gasteiger partial charge >= 0.3 is 0 Å². The van der Waals surface area contributed by atoms with Crippen molar-refractivity contribution in [2.24, 2.45) is 9.98 Å². The van der Waals surface area contributed by atoms with Crippen molar-refractivity contribution in [3.8, 4) is 0 Å². The SMILES string of the molecule is Clc1ccc(C2=NC(c3ccc4ccccc4c3)N=C(c3ccc4ccccc4c3)N2)c2c1oc1cnccc12. The first kappa shape index (κ1) is 22.9. The predicted octanol–water partition coefficient (Wildman–Crippen LogP) is 8.44. The lowest BCUT2D eigenvalue weighted by Gasteiger charge is -2.23. The zero-order valence-corrected chi connectivity index (χ0v) is 21.9. The van der Waals surface area contributed by atoms with Gasteiger partial charge in [0.15, 0.2) is 17.3 Å². The first-order valence-corrected chi connectivity index (χ1v) is 13.4. The highest BCUT2D eigenvalue weighted by Crippen LogP contribution is 2.37. The van der Waals surface area contributed by atoms with E-state index < -0.39 is 6.17 Å².